The predicted octanol–water partition coefficient (Wildman–Crippen LogP) is 1.26. The molecule has 18 heavy (non-hydrogen) atoms. The predicted molar refractivity (Wildman–Crippen MR) is 70.9 cm³/mol. The number of nitrogens with zero attached hydrogens (tertiary/aromatic N) is 3. The standard InChI is InChI=1S/C12H18N4OS/c1-18-11-5-13-16(8-11)12(17)14-10-4-9-2-3-15(6-9)7-10/h5,8-10H,2-4,6-7H2,1H3,(H,14,17). The van der Waals surface area contributed by atoms with Crippen LogP contribution in [0.25, 0.3) is 0 Å². The van der Waals surface area contributed by atoms with Gasteiger partial charge in [0.15, 0.2) is 0 Å². The molecule has 3 rings (SSSR count). The van der Waals surface area contributed by atoms with Crippen LogP contribution in [0.15, 0.2) is 17.3 Å². The molecule has 2 aliphatic rings. The molecule has 0 aromatic carbocycles. The quantitative estimate of drug-likeness (QED) is 0.819. The van der Waals surface area contributed by atoms with Crippen LogP contribution in [0.4, 0.5) is 4.79 Å². The van der Waals surface area contributed by atoms with Gasteiger partial charge in [-0.05, 0) is 31.6 Å². The largest absolute Gasteiger partial charge is 0.342 e. The molecule has 3 heterocycles. The molecule has 6 heteroatoms. The number of rotatable bonds is 2. The summed E-state index contributed by atoms with van der Waals surface area (Å²) in [7, 11) is 0. The maximum Gasteiger partial charge on any atom is 0.342 e. The summed E-state index contributed by atoms with van der Waals surface area (Å²) < 4.78 is 1.40. The Morgan fingerprint density at radius 3 is 3.17 bits per heavy atom. The number of carbonyl (C=O) groups is 1. The average Bonchev–Trinajstić information content (AvgIpc) is 2.96. The minimum absolute atomic E-state index is 0.109. The molecule has 1 N–H and O–H groups in total. The number of piperidine rings is 1. The fraction of sp³-hybridized carbons (Fsp3) is 0.667. The van der Waals surface area contributed by atoms with Gasteiger partial charge in [-0.15, -0.1) is 11.8 Å². The second kappa shape index (κ2) is 4.93. The summed E-state index contributed by atoms with van der Waals surface area (Å²) in [6, 6.07) is 0.170. The van der Waals surface area contributed by atoms with Crippen molar-refractivity contribution in [2.24, 2.45) is 5.92 Å². The van der Waals surface area contributed by atoms with E-state index < -0.39 is 0 Å². The maximum atomic E-state index is 12.0. The van der Waals surface area contributed by atoms with Gasteiger partial charge in [-0.25, -0.2) is 4.79 Å². The van der Waals surface area contributed by atoms with Crippen LogP contribution in [-0.2, 0) is 0 Å². The van der Waals surface area contributed by atoms with Crippen molar-refractivity contribution >= 4 is 17.8 Å². The summed E-state index contributed by atoms with van der Waals surface area (Å²) in [5.41, 5.74) is 0. The van der Waals surface area contributed by atoms with Crippen molar-refractivity contribution in [1.82, 2.24) is 20.0 Å². The molecule has 3 atom stereocenters. The Labute approximate surface area is 111 Å². The van der Waals surface area contributed by atoms with Gasteiger partial charge >= 0.3 is 6.03 Å². The number of amides is 1. The fourth-order valence-corrected chi connectivity index (χ4v) is 3.29. The van der Waals surface area contributed by atoms with Gasteiger partial charge in [0.05, 0.1) is 6.20 Å². The zero-order valence-corrected chi connectivity index (χ0v) is 11.3. The van der Waals surface area contributed by atoms with Crippen molar-refractivity contribution in [1.29, 1.82) is 0 Å². The van der Waals surface area contributed by atoms with Crippen LogP contribution in [0.1, 0.15) is 12.8 Å². The van der Waals surface area contributed by atoms with E-state index in [9.17, 15) is 4.79 Å². The first kappa shape index (κ1) is 12.0. The van der Waals surface area contributed by atoms with Gasteiger partial charge in [0.25, 0.3) is 0 Å². The molecule has 0 radical (unpaired) electrons. The Hall–Kier alpha value is -1.01. The van der Waals surface area contributed by atoms with Gasteiger partial charge in [-0.1, -0.05) is 0 Å². The highest BCUT2D eigenvalue weighted by Crippen LogP contribution is 2.26. The summed E-state index contributed by atoms with van der Waals surface area (Å²) in [5.74, 6) is 0.767. The summed E-state index contributed by atoms with van der Waals surface area (Å²) in [6.07, 6.45) is 7.87. The van der Waals surface area contributed by atoms with Gasteiger partial charge in [-0.3, -0.25) is 0 Å². The summed E-state index contributed by atoms with van der Waals surface area (Å²) in [6.45, 7) is 3.39. The third kappa shape index (κ3) is 2.40. The lowest BCUT2D eigenvalue weighted by atomic mass is 9.97. The molecule has 0 saturated carbocycles. The zero-order chi connectivity index (χ0) is 12.5. The third-order valence-electron chi connectivity index (χ3n) is 3.80. The second-order valence-electron chi connectivity index (χ2n) is 5.12. The number of carbonyl (C=O) groups excluding carboxylic acids is 1. The van der Waals surface area contributed by atoms with Gasteiger partial charge in [0.2, 0.25) is 0 Å². The summed E-state index contributed by atoms with van der Waals surface area (Å²) in [5, 5.41) is 7.16. The third-order valence-corrected chi connectivity index (χ3v) is 4.48. The van der Waals surface area contributed by atoms with Crippen LogP contribution in [0.2, 0.25) is 0 Å². The Morgan fingerprint density at radius 1 is 1.56 bits per heavy atom. The van der Waals surface area contributed by atoms with E-state index in [1.807, 2.05) is 6.26 Å². The highest BCUT2D eigenvalue weighted by molar-refractivity contribution is 7.98. The Balaban J connectivity index is 1.60. The van der Waals surface area contributed by atoms with Crippen LogP contribution in [-0.4, -0.2) is 52.6 Å². The number of thioether (sulfide) groups is 1. The van der Waals surface area contributed by atoms with Crippen molar-refractivity contribution in [3.8, 4) is 0 Å². The van der Waals surface area contributed by atoms with Crippen molar-refractivity contribution in [2.45, 2.75) is 23.8 Å². The van der Waals surface area contributed by atoms with E-state index in [-0.39, 0.29) is 12.1 Å². The van der Waals surface area contributed by atoms with Crippen molar-refractivity contribution in [2.75, 3.05) is 25.9 Å². The zero-order valence-electron chi connectivity index (χ0n) is 10.5. The average molecular weight is 266 g/mol. The van der Waals surface area contributed by atoms with Gasteiger partial charge in [0, 0.05) is 30.2 Å². The Bertz CT molecular complexity index is 435. The van der Waals surface area contributed by atoms with Crippen LogP contribution < -0.4 is 5.32 Å². The molecule has 5 nitrogen and oxygen atoms in total. The van der Waals surface area contributed by atoms with Crippen LogP contribution in [0.3, 0.4) is 0 Å². The lowest BCUT2D eigenvalue weighted by molar-refractivity contribution is 0.204. The van der Waals surface area contributed by atoms with E-state index >= 15 is 0 Å². The van der Waals surface area contributed by atoms with Crippen molar-refractivity contribution in [3.05, 3.63) is 12.4 Å². The molecule has 1 aromatic heterocycles. The minimum Gasteiger partial charge on any atom is -0.332 e. The number of hydrogen-bond donors (Lipinski definition) is 1. The first-order valence-corrected chi connectivity index (χ1v) is 7.59. The van der Waals surface area contributed by atoms with Crippen LogP contribution >= 0.6 is 11.8 Å². The van der Waals surface area contributed by atoms with E-state index in [1.165, 1.54) is 24.2 Å². The van der Waals surface area contributed by atoms with E-state index in [1.54, 1.807) is 24.2 Å². The first-order chi connectivity index (χ1) is 8.74. The molecular formula is C12H18N4OS. The SMILES string of the molecule is CSc1cnn(C(=O)NC2CC3CCN(C3)C2)c1. The van der Waals surface area contributed by atoms with Gasteiger partial charge in [-0.2, -0.15) is 9.78 Å². The monoisotopic (exact) mass is 266 g/mol. The van der Waals surface area contributed by atoms with E-state index in [4.69, 9.17) is 0 Å². The van der Waals surface area contributed by atoms with E-state index in [0.29, 0.717) is 0 Å². The normalized spacial score (nSPS) is 30.4. The van der Waals surface area contributed by atoms with Gasteiger partial charge in [0.1, 0.15) is 0 Å². The molecular weight excluding hydrogens is 248 g/mol. The molecule has 2 fully saturated rings. The topological polar surface area (TPSA) is 50.2 Å². The molecule has 2 aliphatic heterocycles. The highest BCUT2D eigenvalue weighted by Gasteiger charge is 2.33. The molecule has 1 aromatic rings. The smallest absolute Gasteiger partial charge is 0.332 e. The van der Waals surface area contributed by atoms with E-state index in [0.717, 1.165) is 23.8 Å². The number of fused-ring (bicyclic) bond motifs is 2. The minimum atomic E-state index is -0.109. The molecule has 1 amide bonds. The second-order valence-corrected chi connectivity index (χ2v) is 6.00. The molecule has 98 valence electrons. The number of hydrogen-bond acceptors (Lipinski definition) is 4. The first-order valence-electron chi connectivity index (χ1n) is 6.36. The lowest BCUT2D eigenvalue weighted by Crippen LogP contribution is -2.48. The highest BCUT2D eigenvalue weighted by atomic mass is 32.2. The Kier molecular flexibility index (Phi) is 3.30. The number of nitrogens with one attached hydrogen (secondary N) is 1. The number of aromatic nitrogens is 2. The Morgan fingerprint density at radius 2 is 2.44 bits per heavy atom. The van der Waals surface area contributed by atoms with Crippen molar-refractivity contribution in [3.63, 3.8) is 0 Å². The van der Waals surface area contributed by atoms with Crippen LogP contribution in [0, 0.1) is 5.92 Å². The molecule has 3 unspecified atom stereocenters. The maximum absolute atomic E-state index is 12.0. The molecule has 2 saturated heterocycles. The lowest BCUT2D eigenvalue weighted by Gasteiger charge is -2.30. The summed E-state index contributed by atoms with van der Waals surface area (Å²) >= 11 is 1.59. The van der Waals surface area contributed by atoms with E-state index in [2.05, 4.69) is 15.3 Å². The summed E-state index contributed by atoms with van der Waals surface area (Å²) in [4.78, 5) is 15.5. The molecule has 0 aliphatic carbocycles. The molecule has 2 bridgehead atoms. The van der Waals surface area contributed by atoms with Crippen LogP contribution in [0.5, 0.6) is 0 Å². The van der Waals surface area contributed by atoms with Gasteiger partial charge < -0.3 is 10.2 Å². The molecule has 0 spiro atoms. The van der Waals surface area contributed by atoms with Crippen molar-refractivity contribution < 1.29 is 4.79 Å². The fourth-order valence-electron chi connectivity index (χ4n) is 2.93.